The van der Waals surface area contributed by atoms with E-state index in [-0.39, 0.29) is 5.91 Å². The van der Waals surface area contributed by atoms with E-state index >= 15 is 0 Å². The van der Waals surface area contributed by atoms with Gasteiger partial charge in [0.15, 0.2) is 11.5 Å². The maximum absolute atomic E-state index is 12.1. The first-order valence-corrected chi connectivity index (χ1v) is 8.72. The van der Waals surface area contributed by atoms with Crippen LogP contribution in [0.5, 0.6) is 11.5 Å². The van der Waals surface area contributed by atoms with Gasteiger partial charge in [0.2, 0.25) is 5.91 Å². The third-order valence-electron chi connectivity index (χ3n) is 4.44. The van der Waals surface area contributed by atoms with E-state index < -0.39 is 0 Å². The number of hydrogen-bond acceptors (Lipinski definition) is 3. The van der Waals surface area contributed by atoms with Gasteiger partial charge in [0.25, 0.3) is 0 Å². The van der Waals surface area contributed by atoms with E-state index in [9.17, 15) is 4.79 Å². The fourth-order valence-corrected chi connectivity index (χ4v) is 3.03. The number of nitrogens with zero attached hydrogens (tertiary/aromatic N) is 1. The average molecular weight is 352 g/mol. The molecule has 5 nitrogen and oxygen atoms in total. The summed E-state index contributed by atoms with van der Waals surface area (Å²) in [5.41, 5.74) is 2.25. The normalized spacial score (nSPS) is 10.7. The predicted octanol–water partition coefficient (Wildman–Crippen LogP) is 3.41. The number of fused-ring (bicyclic) bond motifs is 1. The van der Waals surface area contributed by atoms with Gasteiger partial charge < -0.3 is 19.4 Å². The topological polar surface area (TPSA) is 52.5 Å². The van der Waals surface area contributed by atoms with Gasteiger partial charge in [0.05, 0.1) is 14.2 Å². The van der Waals surface area contributed by atoms with Gasteiger partial charge in [-0.15, -0.1) is 0 Å². The van der Waals surface area contributed by atoms with E-state index in [4.69, 9.17) is 9.47 Å². The fraction of sp³-hybridized carbons (Fsp3) is 0.286. The lowest BCUT2D eigenvalue weighted by atomic mass is 10.1. The summed E-state index contributed by atoms with van der Waals surface area (Å²) < 4.78 is 12.7. The summed E-state index contributed by atoms with van der Waals surface area (Å²) in [6.07, 6.45) is 3.24. The fourth-order valence-electron chi connectivity index (χ4n) is 3.03. The molecule has 0 aliphatic rings. The molecule has 0 radical (unpaired) electrons. The zero-order valence-electron chi connectivity index (χ0n) is 15.2. The van der Waals surface area contributed by atoms with Crippen molar-refractivity contribution in [2.45, 2.75) is 19.4 Å². The van der Waals surface area contributed by atoms with E-state index in [1.54, 1.807) is 14.2 Å². The summed E-state index contributed by atoms with van der Waals surface area (Å²) in [5.74, 6) is 1.47. The lowest BCUT2D eigenvalue weighted by Crippen LogP contribution is -2.26. The highest BCUT2D eigenvalue weighted by atomic mass is 16.5. The molecule has 0 saturated heterocycles. The van der Waals surface area contributed by atoms with Gasteiger partial charge in [-0.25, -0.2) is 0 Å². The molecular formula is C21H24N2O3. The van der Waals surface area contributed by atoms with Crippen LogP contribution in [0, 0.1) is 0 Å². The molecule has 1 N–H and O–H groups in total. The van der Waals surface area contributed by atoms with Crippen LogP contribution in [0.4, 0.5) is 0 Å². The van der Waals surface area contributed by atoms with Crippen molar-refractivity contribution in [3.05, 3.63) is 60.3 Å². The maximum Gasteiger partial charge on any atom is 0.221 e. The molecule has 1 heterocycles. The van der Waals surface area contributed by atoms with Crippen LogP contribution in [0.25, 0.3) is 10.9 Å². The molecule has 3 rings (SSSR count). The Labute approximate surface area is 153 Å². The van der Waals surface area contributed by atoms with Crippen LogP contribution < -0.4 is 14.8 Å². The van der Waals surface area contributed by atoms with Crippen molar-refractivity contribution in [3.8, 4) is 11.5 Å². The Morgan fingerprint density at radius 1 is 1.04 bits per heavy atom. The minimum atomic E-state index is 0.0586. The molecule has 1 aromatic heterocycles. The molecule has 3 aromatic rings. The first-order chi connectivity index (χ1) is 12.7. The van der Waals surface area contributed by atoms with Crippen molar-refractivity contribution in [3.63, 3.8) is 0 Å². The lowest BCUT2D eigenvalue weighted by Gasteiger charge is -2.10. The third kappa shape index (κ3) is 4.17. The van der Waals surface area contributed by atoms with Gasteiger partial charge in [-0.1, -0.05) is 24.3 Å². The van der Waals surface area contributed by atoms with Gasteiger partial charge in [-0.2, -0.15) is 0 Å². The number of aryl methyl sites for hydroxylation is 1. The first-order valence-electron chi connectivity index (χ1n) is 8.72. The highest BCUT2D eigenvalue weighted by molar-refractivity contribution is 5.80. The van der Waals surface area contributed by atoms with Crippen LogP contribution in [-0.4, -0.2) is 31.2 Å². The molecule has 2 aromatic carbocycles. The SMILES string of the molecule is COc1ccc(CCNC(=O)CCn2ccc3ccccc32)cc1OC. The quantitative estimate of drug-likeness (QED) is 0.676. The Kier molecular flexibility index (Phi) is 5.79. The highest BCUT2D eigenvalue weighted by Gasteiger charge is 2.06. The molecule has 0 unspecified atom stereocenters. The Bertz CT molecular complexity index is 886. The van der Waals surface area contributed by atoms with E-state index in [0.717, 1.165) is 17.5 Å². The Morgan fingerprint density at radius 3 is 2.65 bits per heavy atom. The Hall–Kier alpha value is -2.95. The third-order valence-corrected chi connectivity index (χ3v) is 4.44. The molecule has 136 valence electrons. The number of para-hydroxylation sites is 1. The molecule has 0 aliphatic heterocycles. The number of benzene rings is 2. The van der Waals surface area contributed by atoms with Crippen molar-refractivity contribution in [2.75, 3.05) is 20.8 Å². The van der Waals surface area contributed by atoms with Crippen LogP contribution in [0.2, 0.25) is 0 Å². The maximum atomic E-state index is 12.1. The minimum absolute atomic E-state index is 0.0586. The average Bonchev–Trinajstić information content (AvgIpc) is 3.09. The number of ether oxygens (including phenoxy) is 2. The monoisotopic (exact) mass is 352 g/mol. The standard InChI is InChI=1S/C21H24N2O3/c1-25-19-8-7-16(15-20(19)26-2)9-12-22-21(24)11-14-23-13-10-17-5-3-4-6-18(17)23/h3-8,10,13,15H,9,11-12,14H2,1-2H3,(H,22,24). The van der Waals surface area contributed by atoms with Crippen LogP contribution >= 0.6 is 0 Å². The second-order valence-electron chi connectivity index (χ2n) is 6.11. The van der Waals surface area contributed by atoms with Gasteiger partial charge in [0.1, 0.15) is 0 Å². The number of methoxy groups -OCH3 is 2. The number of carbonyl (C=O) groups excluding carboxylic acids is 1. The van der Waals surface area contributed by atoms with Crippen molar-refractivity contribution in [1.29, 1.82) is 0 Å². The zero-order valence-corrected chi connectivity index (χ0v) is 15.2. The summed E-state index contributed by atoms with van der Waals surface area (Å²) >= 11 is 0. The van der Waals surface area contributed by atoms with E-state index in [1.165, 1.54) is 5.39 Å². The van der Waals surface area contributed by atoms with Gasteiger partial charge in [0, 0.05) is 31.2 Å². The Balaban J connectivity index is 1.47. The number of amides is 1. The summed E-state index contributed by atoms with van der Waals surface area (Å²) in [6, 6.07) is 16.1. The Morgan fingerprint density at radius 2 is 1.85 bits per heavy atom. The van der Waals surface area contributed by atoms with E-state index in [0.29, 0.717) is 31.0 Å². The van der Waals surface area contributed by atoms with Crippen molar-refractivity contribution < 1.29 is 14.3 Å². The molecule has 5 heteroatoms. The molecular weight excluding hydrogens is 328 g/mol. The number of nitrogens with one attached hydrogen (secondary N) is 1. The number of carbonyl (C=O) groups is 1. The summed E-state index contributed by atoms with van der Waals surface area (Å²) in [7, 11) is 3.24. The first kappa shape index (κ1) is 17.9. The summed E-state index contributed by atoms with van der Waals surface area (Å²) in [5, 5.41) is 4.18. The van der Waals surface area contributed by atoms with Gasteiger partial charge in [-0.3, -0.25) is 4.79 Å². The van der Waals surface area contributed by atoms with Crippen LogP contribution in [0.3, 0.4) is 0 Å². The van der Waals surface area contributed by atoms with Crippen LogP contribution in [-0.2, 0) is 17.8 Å². The number of aromatic nitrogens is 1. The summed E-state index contributed by atoms with van der Waals surface area (Å²) in [6.45, 7) is 1.27. The van der Waals surface area contributed by atoms with E-state index in [2.05, 4.69) is 28.1 Å². The molecule has 0 fully saturated rings. The summed E-state index contributed by atoms with van der Waals surface area (Å²) in [4.78, 5) is 12.1. The minimum Gasteiger partial charge on any atom is -0.493 e. The second kappa shape index (κ2) is 8.43. The zero-order chi connectivity index (χ0) is 18.4. The molecule has 0 atom stereocenters. The van der Waals surface area contributed by atoms with Crippen LogP contribution in [0.15, 0.2) is 54.7 Å². The highest BCUT2D eigenvalue weighted by Crippen LogP contribution is 2.27. The number of hydrogen-bond donors (Lipinski definition) is 1. The van der Waals surface area contributed by atoms with E-state index in [1.807, 2.05) is 36.5 Å². The number of rotatable bonds is 8. The van der Waals surface area contributed by atoms with Crippen molar-refractivity contribution in [2.24, 2.45) is 0 Å². The molecule has 0 bridgehead atoms. The smallest absolute Gasteiger partial charge is 0.221 e. The molecule has 0 spiro atoms. The molecule has 26 heavy (non-hydrogen) atoms. The van der Waals surface area contributed by atoms with Crippen molar-refractivity contribution >= 4 is 16.8 Å². The van der Waals surface area contributed by atoms with Gasteiger partial charge >= 0.3 is 0 Å². The predicted molar refractivity (Wildman–Crippen MR) is 103 cm³/mol. The van der Waals surface area contributed by atoms with Crippen molar-refractivity contribution in [1.82, 2.24) is 9.88 Å². The molecule has 1 amide bonds. The van der Waals surface area contributed by atoms with Crippen LogP contribution in [0.1, 0.15) is 12.0 Å². The van der Waals surface area contributed by atoms with Gasteiger partial charge in [-0.05, 0) is 41.6 Å². The molecule has 0 aliphatic carbocycles. The lowest BCUT2D eigenvalue weighted by molar-refractivity contribution is -0.121. The largest absolute Gasteiger partial charge is 0.493 e. The second-order valence-corrected chi connectivity index (χ2v) is 6.11. The molecule has 0 saturated carbocycles.